The zero-order valence-corrected chi connectivity index (χ0v) is 19.5. The molecule has 6 nitrogen and oxygen atoms in total. The fraction of sp³-hybridized carbons (Fsp3) is 0.423. The van der Waals surface area contributed by atoms with Crippen molar-refractivity contribution in [2.75, 3.05) is 13.1 Å². The molecule has 6 heteroatoms. The molecule has 0 unspecified atom stereocenters. The molecular weight excluding hydrogens is 402 g/mol. The van der Waals surface area contributed by atoms with E-state index in [1.165, 1.54) is 4.90 Å². The number of benzene rings is 2. The molecule has 2 aliphatic heterocycles. The largest absolute Gasteiger partial charge is 0.334 e. The molecule has 0 bridgehead atoms. The highest BCUT2D eigenvalue weighted by molar-refractivity contribution is 6.06. The van der Waals surface area contributed by atoms with Gasteiger partial charge in [0.15, 0.2) is 0 Å². The zero-order chi connectivity index (χ0) is 23.2. The highest BCUT2D eigenvalue weighted by Gasteiger charge is 2.50. The minimum Gasteiger partial charge on any atom is -0.334 e. The Morgan fingerprint density at radius 1 is 0.969 bits per heavy atom. The Bertz CT molecular complexity index is 1070. The fourth-order valence-corrected chi connectivity index (χ4v) is 4.60. The van der Waals surface area contributed by atoms with E-state index in [4.69, 9.17) is 0 Å². The van der Waals surface area contributed by atoms with Gasteiger partial charge in [-0.3, -0.25) is 14.5 Å². The van der Waals surface area contributed by atoms with Crippen LogP contribution in [0.25, 0.3) is 11.1 Å². The predicted molar refractivity (Wildman–Crippen MR) is 124 cm³/mol. The van der Waals surface area contributed by atoms with Crippen LogP contribution in [0, 0.1) is 5.92 Å². The summed E-state index contributed by atoms with van der Waals surface area (Å²) in [5.74, 6) is 0.400. The van der Waals surface area contributed by atoms with Gasteiger partial charge in [-0.25, -0.2) is 4.79 Å². The first-order valence-corrected chi connectivity index (χ1v) is 11.3. The monoisotopic (exact) mass is 433 g/mol. The molecule has 2 aromatic rings. The van der Waals surface area contributed by atoms with E-state index in [0.29, 0.717) is 25.6 Å². The van der Waals surface area contributed by atoms with Gasteiger partial charge in [-0.2, -0.15) is 0 Å². The molecule has 4 rings (SSSR count). The fourth-order valence-electron chi connectivity index (χ4n) is 4.60. The molecule has 1 saturated heterocycles. The topological polar surface area (TPSA) is 60.9 Å². The van der Waals surface area contributed by atoms with Crippen molar-refractivity contribution in [1.29, 1.82) is 0 Å². The minimum atomic E-state index is -0.847. The highest BCUT2D eigenvalue weighted by Crippen LogP contribution is 2.31. The second-order valence-corrected chi connectivity index (χ2v) is 9.63. The van der Waals surface area contributed by atoms with Crippen molar-refractivity contribution in [2.45, 2.75) is 53.2 Å². The molecule has 0 N–H and O–H groups in total. The van der Waals surface area contributed by atoms with Crippen LogP contribution in [0.3, 0.4) is 0 Å². The summed E-state index contributed by atoms with van der Waals surface area (Å²) in [4.78, 5) is 42.7. The van der Waals surface area contributed by atoms with Crippen LogP contribution in [0.15, 0.2) is 42.5 Å². The summed E-state index contributed by atoms with van der Waals surface area (Å²) in [6.45, 7) is 11.8. The molecule has 0 aromatic heterocycles. The van der Waals surface area contributed by atoms with Gasteiger partial charge in [0, 0.05) is 31.7 Å². The van der Waals surface area contributed by atoms with Gasteiger partial charge in [-0.05, 0) is 61.1 Å². The third-order valence-electron chi connectivity index (χ3n) is 6.42. The Morgan fingerprint density at radius 2 is 1.62 bits per heavy atom. The number of carbonyl (C=O) groups excluding carboxylic acids is 3. The summed E-state index contributed by atoms with van der Waals surface area (Å²) >= 11 is 0. The van der Waals surface area contributed by atoms with Gasteiger partial charge in [-0.1, -0.05) is 44.2 Å². The van der Waals surface area contributed by atoms with E-state index in [1.807, 2.05) is 48.2 Å². The van der Waals surface area contributed by atoms with Crippen LogP contribution in [-0.2, 0) is 17.9 Å². The average molecular weight is 434 g/mol. The van der Waals surface area contributed by atoms with Gasteiger partial charge >= 0.3 is 6.03 Å². The van der Waals surface area contributed by atoms with Crippen molar-refractivity contribution in [3.8, 4) is 11.1 Å². The number of rotatable bonds is 6. The van der Waals surface area contributed by atoms with E-state index >= 15 is 0 Å². The maximum absolute atomic E-state index is 12.7. The molecule has 0 radical (unpaired) electrons. The van der Waals surface area contributed by atoms with Crippen molar-refractivity contribution >= 4 is 17.8 Å². The first-order valence-electron chi connectivity index (χ1n) is 11.3. The third-order valence-corrected chi connectivity index (χ3v) is 6.42. The second kappa shape index (κ2) is 8.08. The summed E-state index contributed by atoms with van der Waals surface area (Å²) in [5, 5.41) is 0. The maximum Gasteiger partial charge on any atom is 0.327 e. The Balaban J connectivity index is 1.52. The Labute approximate surface area is 189 Å². The Hall–Kier alpha value is -3.15. The molecular formula is C26H31N3O3. The lowest BCUT2D eigenvalue weighted by molar-refractivity contribution is -0.131. The normalized spacial score (nSPS) is 17.7. The number of carbonyl (C=O) groups is 3. The van der Waals surface area contributed by atoms with Crippen LogP contribution in [0.4, 0.5) is 4.79 Å². The van der Waals surface area contributed by atoms with E-state index in [9.17, 15) is 14.4 Å². The second-order valence-electron chi connectivity index (χ2n) is 9.63. The number of amides is 4. The van der Waals surface area contributed by atoms with E-state index in [-0.39, 0.29) is 17.8 Å². The molecule has 0 saturated carbocycles. The Kier molecular flexibility index (Phi) is 5.57. The number of imide groups is 1. The van der Waals surface area contributed by atoms with E-state index in [0.717, 1.165) is 34.4 Å². The lowest BCUT2D eigenvalue weighted by atomic mass is 9.99. The quantitative estimate of drug-likeness (QED) is 0.629. The summed E-state index contributed by atoms with van der Waals surface area (Å²) < 4.78 is 0. The summed E-state index contributed by atoms with van der Waals surface area (Å²) in [6, 6.07) is 13.9. The zero-order valence-electron chi connectivity index (χ0n) is 19.5. The number of hydrogen-bond donors (Lipinski definition) is 0. The molecule has 32 heavy (non-hydrogen) atoms. The van der Waals surface area contributed by atoms with Crippen LogP contribution in [0.1, 0.15) is 56.1 Å². The first-order chi connectivity index (χ1) is 15.1. The Morgan fingerprint density at radius 3 is 2.22 bits per heavy atom. The predicted octanol–water partition coefficient (Wildman–Crippen LogP) is 4.53. The molecule has 0 atom stereocenters. The van der Waals surface area contributed by atoms with Gasteiger partial charge in [0.2, 0.25) is 0 Å². The van der Waals surface area contributed by atoms with Crippen molar-refractivity contribution in [3.05, 3.63) is 59.2 Å². The lowest BCUT2D eigenvalue weighted by Crippen LogP contribution is -2.43. The molecule has 168 valence electrons. The molecule has 2 aliphatic rings. The van der Waals surface area contributed by atoms with Gasteiger partial charge in [0.25, 0.3) is 11.8 Å². The van der Waals surface area contributed by atoms with Crippen LogP contribution in [-0.4, -0.2) is 51.2 Å². The number of urea groups is 1. The summed E-state index contributed by atoms with van der Waals surface area (Å²) in [5.41, 5.74) is 4.12. The van der Waals surface area contributed by atoms with Crippen molar-refractivity contribution < 1.29 is 14.4 Å². The molecule has 0 spiro atoms. The van der Waals surface area contributed by atoms with E-state index in [1.54, 1.807) is 18.7 Å². The molecule has 4 amide bonds. The van der Waals surface area contributed by atoms with Gasteiger partial charge in [0.05, 0.1) is 0 Å². The molecule has 1 fully saturated rings. The van der Waals surface area contributed by atoms with Gasteiger partial charge < -0.3 is 9.80 Å². The van der Waals surface area contributed by atoms with Crippen molar-refractivity contribution in [1.82, 2.24) is 14.7 Å². The summed E-state index contributed by atoms with van der Waals surface area (Å²) in [6.07, 6.45) is 0. The van der Waals surface area contributed by atoms with Crippen LogP contribution < -0.4 is 0 Å². The number of fused-ring (bicyclic) bond motifs is 1. The maximum atomic E-state index is 12.7. The van der Waals surface area contributed by atoms with Gasteiger partial charge in [-0.15, -0.1) is 0 Å². The minimum absolute atomic E-state index is 0.115. The van der Waals surface area contributed by atoms with Gasteiger partial charge in [0.1, 0.15) is 5.54 Å². The smallest absolute Gasteiger partial charge is 0.327 e. The van der Waals surface area contributed by atoms with Crippen molar-refractivity contribution in [3.63, 3.8) is 0 Å². The van der Waals surface area contributed by atoms with E-state index < -0.39 is 5.54 Å². The molecule has 2 aromatic carbocycles. The highest BCUT2D eigenvalue weighted by atomic mass is 16.2. The first kappa shape index (κ1) is 22.1. The SMILES string of the molecule is CCN1C(=O)N(Cc2ccc(-c3ccc4c(c3)CN(CC(C)C)C4=O)cc2)C(C)(C)C1=O. The van der Waals surface area contributed by atoms with Crippen LogP contribution in [0.2, 0.25) is 0 Å². The van der Waals surface area contributed by atoms with Crippen LogP contribution in [0.5, 0.6) is 0 Å². The van der Waals surface area contributed by atoms with Crippen LogP contribution >= 0.6 is 0 Å². The number of nitrogens with zero attached hydrogens (tertiary/aromatic N) is 3. The summed E-state index contributed by atoms with van der Waals surface area (Å²) in [7, 11) is 0. The van der Waals surface area contributed by atoms with E-state index in [2.05, 4.69) is 19.9 Å². The molecule has 0 aliphatic carbocycles. The number of hydrogen-bond acceptors (Lipinski definition) is 3. The lowest BCUT2D eigenvalue weighted by Gasteiger charge is -2.27. The number of likely N-dealkylation sites (N-methyl/N-ethyl adjacent to an activating group) is 1. The standard InChI is InChI=1S/C26H31N3O3/c1-6-28-24(31)26(4,5)29(25(28)32)15-18-7-9-19(10-8-18)20-11-12-22-21(13-20)16-27(23(22)30)14-17(2)3/h7-13,17H,6,14-16H2,1-5H3. The van der Waals surface area contributed by atoms with Crippen molar-refractivity contribution in [2.24, 2.45) is 5.92 Å². The molecule has 2 heterocycles. The average Bonchev–Trinajstić information content (AvgIpc) is 3.14. The third kappa shape index (κ3) is 3.68.